The highest BCUT2D eigenvalue weighted by molar-refractivity contribution is 6.18. The lowest BCUT2D eigenvalue weighted by molar-refractivity contribution is 0.645. The first kappa shape index (κ1) is 21.9. The molecule has 8 aromatic rings. The van der Waals surface area contributed by atoms with Gasteiger partial charge in [-0.15, -0.1) is 0 Å². The molecular weight excluding hydrogens is 486 g/mol. The van der Waals surface area contributed by atoms with Gasteiger partial charge in [-0.1, -0.05) is 105 Å². The summed E-state index contributed by atoms with van der Waals surface area (Å²) in [5, 5.41) is 5.12. The summed E-state index contributed by atoms with van der Waals surface area (Å²) in [5.41, 5.74) is 9.92. The fourth-order valence-electron chi connectivity index (χ4n) is 7.36. The van der Waals surface area contributed by atoms with E-state index in [1.165, 1.54) is 72.1 Å². The van der Waals surface area contributed by atoms with Gasteiger partial charge < -0.3 is 4.57 Å². The lowest BCUT2D eigenvalue weighted by Crippen LogP contribution is -2.17. The molecule has 0 amide bonds. The molecule has 0 spiro atoms. The van der Waals surface area contributed by atoms with Gasteiger partial charge in [-0.2, -0.15) is 0 Å². The third-order valence-corrected chi connectivity index (χ3v) is 8.97. The van der Waals surface area contributed by atoms with Crippen LogP contribution in [0.4, 0.5) is 0 Å². The molecule has 0 N–H and O–H groups in total. The quantitative estimate of drug-likeness (QED) is 0.219. The number of aromatic nitrogens is 3. The van der Waals surface area contributed by atoms with E-state index in [0.29, 0.717) is 0 Å². The van der Waals surface area contributed by atoms with Crippen LogP contribution >= 0.6 is 0 Å². The zero-order chi connectivity index (χ0) is 26.6. The number of para-hydroxylation sites is 5. The van der Waals surface area contributed by atoms with E-state index in [9.17, 15) is 0 Å². The molecule has 5 aromatic carbocycles. The smallest absolute Gasteiger partial charge is 0.132 e. The van der Waals surface area contributed by atoms with Crippen molar-refractivity contribution in [2.45, 2.75) is 19.3 Å². The van der Waals surface area contributed by atoms with Crippen molar-refractivity contribution in [1.82, 2.24) is 13.7 Å². The number of hydrogen-bond acceptors (Lipinski definition) is 0. The van der Waals surface area contributed by atoms with Crippen LogP contribution in [0.5, 0.6) is 0 Å². The van der Waals surface area contributed by atoms with Crippen molar-refractivity contribution in [3.8, 4) is 17.2 Å². The standard InChI is InChI=1S/C37H27N3/c1-37(2)28-19-9-13-23-32(28)40-35(37)34-33(27-18-8-12-22-31(27)38(34)24-14-4-3-5-15-24)36(40)39-29-20-10-6-16-25(29)26-17-7-11-21-30(26)39/h3-23H,1-2H3. The molecule has 0 bridgehead atoms. The number of fused-ring (bicyclic) bond motifs is 10. The van der Waals surface area contributed by atoms with E-state index in [2.05, 4.69) is 155 Å². The Morgan fingerprint density at radius 1 is 0.475 bits per heavy atom. The Kier molecular flexibility index (Phi) is 4.13. The summed E-state index contributed by atoms with van der Waals surface area (Å²) in [6.45, 7) is 4.76. The van der Waals surface area contributed by atoms with Crippen LogP contribution in [0.3, 0.4) is 0 Å². The summed E-state index contributed by atoms with van der Waals surface area (Å²) in [6, 6.07) is 46.3. The van der Waals surface area contributed by atoms with Crippen molar-refractivity contribution < 1.29 is 0 Å². The molecule has 0 saturated carbocycles. The predicted octanol–water partition coefficient (Wildman–Crippen LogP) is 9.31. The second kappa shape index (κ2) is 7.55. The molecule has 3 aromatic heterocycles. The fraction of sp³-hybridized carbons (Fsp3) is 0.0811. The minimum Gasteiger partial charge on any atom is -0.307 e. The summed E-state index contributed by atoms with van der Waals surface area (Å²) in [4.78, 5) is 0. The SMILES string of the molecule is CC1(C)c2ccccc2-n2c(-n3c4ccccc4c4ccccc43)c3c4ccccc4n(-c4ccccc4)c3c21. The molecule has 3 nitrogen and oxygen atoms in total. The maximum absolute atomic E-state index is 2.56. The second-order valence-electron chi connectivity index (χ2n) is 11.4. The Labute approximate surface area is 232 Å². The molecule has 0 unspecified atom stereocenters. The van der Waals surface area contributed by atoms with Gasteiger partial charge in [-0.25, -0.2) is 0 Å². The van der Waals surface area contributed by atoms with E-state index in [0.717, 1.165) is 0 Å². The zero-order valence-corrected chi connectivity index (χ0v) is 22.5. The van der Waals surface area contributed by atoms with E-state index in [1.54, 1.807) is 0 Å². The van der Waals surface area contributed by atoms with E-state index in [4.69, 9.17) is 0 Å². The molecule has 9 rings (SSSR count). The maximum Gasteiger partial charge on any atom is 0.132 e. The predicted molar refractivity (Wildman–Crippen MR) is 167 cm³/mol. The highest BCUT2D eigenvalue weighted by Crippen LogP contribution is 2.53. The Balaban J connectivity index is 1.60. The molecule has 3 heteroatoms. The summed E-state index contributed by atoms with van der Waals surface area (Å²) >= 11 is 0. The van der Waals surface area contributed by atoms with Crippen LogP contribution in [0.15, 0.2) is 127 Å². The summed E-state index contributed by atoms with van der Waals surface area (Å²) in [5.74, 6) is 1.21. The van der Waals surface area contributed by atoms with Crippen LogP contribution in [0.25, 0.3) is 60.8 Å². The Morgan fingerprint density at radius 3 is 1.68 bits per heavy atom. The minimum absolute atomic E-state index is 0.188. The van der Waals surface area contributed by atoms with Crippen molar-refractivity contribution in [3.63, 3.8) is 0 Å². The molecule has 0 saturated heterocycles. The molecular formula is C37H27N3. The average molecular weight is 514 g/mol. The van der Waals surface area contributed by atoms with Gasteiger partial charge >= 0.3 is 0 Å². The molecule has 0 fully saturated rings. The van der Waals surface area contributed by atoms with Crippen molar-refractivity contribution in [2.75, 3.05) is 0 Å². The lowest BCUT2D eigenvalue weighted by atomic mass is 9.83. The molecule has 0 atom stereocenters. The summed E-state index contributed by atoms with van der Waals surface area (Å²) in [6.07, 6.45) is 0. The number of rotatable bonds is 2. The monoisotopic (exact) mass is 513 g/mol. The van der Waals surface area contributed by atoms with Crippen LogP contribution in [-0.4, -0.2) is 13.7 Å². The van der Waals surface area contributed by atoms with Crippen molar-refractivity contribution in [1.29, 1.82) is 0 Å². The van der Waals surface area contributed by atoms with Crippen LogP contribution in [-0.2, 0) is 5.41 Å². The lowest BCUT2D eigenvalue weighted by Gasteiger charge is -2.20. The molecule has 0 aliphatic carbocycles. The molecule has 1 aliphatic rings. The Morgan fingerprint density at radius 2 is 1.00 bits per heavy atom. The van der Waals surface area contributed by atoms with Gasteiger partial charge in [0.25, 0.3) is 0 Å². The minimum atomic E-state index is -0.188. The first-order chi connectivity index (χ1) is 19.7. The molecule has 0 radical (unpaired) electrons. The van der Waals surface area contributed by atoms with Gasteiger partial charge in [0.2, 0.25) is 0 Å². The number of hydrogen-bond donors (Lipinski definition) is 0. The van der Waals surface area contributed by atoms with E-state index < -0.39 is 0 Å². The largest absolute Gasteiger partial charge is 0.307 e. The van der Waals surface area contributed by atoms with Crippen molar-refractivity contribution in [3.05, 3.63) is 139 Å². The number of nitrogens with zero attached hydrogens (tertiary/aromatic N) is 3. The third-order valence-electron chi connectivity index (χ3n) is 8.97. The van der Waals surface area contributed by atoms with Gasteiger partial charge in [0.1, 0.15) is 5.82 Å². The second-order valence-corrected chi connectivity index (χ2v) is 11.4. The van der Waals surface area contributed by atoms with Gasteiger partial charge in [0, 0.05) is 27.3 Å². The Bertz CT molecular complexity index is 2240. The third kappa shape index (κ3) is 2.55. The van der Waals surface area contributed by atoms with E-state index in [-0.39, 0.29) is 5.41 Å². The summed E-state index contributed by atoms with van der Waals surface area (Å²) in [7, 11) is 0. The van der Waals surface area contributed by atoms with Crippen molar-refractivity contribution in [2.24, 2.45) is 0 Å². The molecule has 190 valence electrons. The summed E-state index contributed by atoms with van der Waals surface area (Å²) < 4.78 is 7.56. The first-order valence-corrected chi connectivity index (χ1v) is 14.0. The average Bonchev–Trinajstić information content (AvgIpc) is 3.68. The van der Waals surface area contributed by atoms with Gasteiger partial charge in [-0.05, 0) is 42.0 Å². The van der Waals surface area contributed by atoms with Crippen LogP contribution < -0.4 is 0 Å². The number of benzene rings is 5. The first-order valence-electron chi connectivity index (χ1n) is 14.0. The van der Waals surface area contributed by atoms with E-state index in [1.807, 2.05) is 0 Å². The van der Waals surface area contributed by atoms with Crippen LogP contribution in [0.2, 0.25) is 0 Å². The zero-order valence-electron chi connectivity index (χ0n) is 22.5. The van der Waals surface area contributed by atoms with Crippen LogP contribution in [0, 0.1) is 0 Å². The van der Waals surface area contributed by atoms with Crippen molar-refractivity contribution >= 4 is 43.6 Å². The van der Waals surface area contributed by atoms with Gasteiger partial charge in [-0.3, -0.25) is 9.13 Å². The molecule has 40 heavy (non-hydrogen) atoms. The molecule has 4 heterocycles. The van der Waals surface area contributed by atoms with Crippen LogP contribution in [0.1, 0.15) is 25.1 Å². The van der Waals surface area contributed by atoms with Gasteiger partial charge in [0.05, 0.1) is 38.8 Å². The normalized spacial score (nSPS) is 13.9. The fourth-order valence-corrected chi connectivity index (χ4v) is 7.36. The Hall–Kier alpha value is -5.02. The molecule has 1 aliphatic heterocycles. The van der Waals surface area contributed by atoms with Gasteiger partial charge in [0.15, 0.2) is 0 Å². The van der Waals surface area contributed by atoms with E-state index >= 15 is 0 Å². The highest BCUT2D eigenvalue weighted by atomic mass is 15.2. The maximum atomic E-state index is 2.56. The highest BCUT2D eigenvalue weighted by Gasteiger charge is 2.42. The topological polar surface area (TPSA) is 14.8 Å².